The van der Waals surface area contributed by atoms with Crippen molar-refractivity contribution in [3.63, 3.8) is 0 Å². The first-order valence-electron chi connectivity index (χ1n) is 5.80. The Hall–Kier alpha value is -1.45. The van der Waals surface area contributed by atoms with Gasteiger partial charge in [-0.2, -0.15) is 0 Å². The van der Waals surface area contributed by atoms with Gasteiger partial charge in [0.05, 0.1) is 0 Å². The number of halogens is 3. The van der Waals surface area contributed by atoms with Gasteiger partial charge in [-0.15, -0.1) is 0 Å². The van der Waals surface area contributed by atoms with Crippen molar-refractivity contribution in [2.24, 2.45) is 0 Å². The second-order valence-electron chi connectivity index (χ2n) is 4.53. The summed E-state index contributed by atoms with van der Waals surface area (Å²) in [6.07, 6.45) is -1.17. The molecule has 1 atom stereocenters. The summed E-state index contributed by atoms with van der Waals surface area (Å²) in [7, 11) is 0. The van der Waals surface area contributed by atoms with Crippen molar-refractivity contribution in [3.05, 3.63) is 69.2 Å². The van der Waals surface area contributed by atoms with Gasteiger partial charge in [0.25, 0.3) is 0 Å². The minimum Gasteiger partial charge on any atom is -0.384 e. The maximum absolute atomic E-state index is 13.7. The molecule has 0 fully saturated rings. The molecule has 0 radical (unpaired) electrons. The lowest BCUT2D eigenvalue weighted by atomic mass is 9.98. The third-order valence-corrected chi connectivity index (χ3v) is 3.49. The van der Waals surface area contributed by atoms with Crippen LogP contribution in [0.2, 0.25) is 5.02 Å². The second kappa shape index (κ2) is 5.27. The van der Waals surface area contributed by atoms with Gasteiger partial charge in [0.1, 0.15) is 17.7 Å². The summed E-state index contributed by atoms with van der Waals surface area (Å²) in [5.41, 5.74) is 1.67. The third kappa shape index (κ3) is 2.77. The Morgan fingerprint density at radius 1 is 1.00 bits per heavy atom. The summed E-state index contributed by atoms with van der Waals surface area (Å²) < 4.78 is 26.9. The predicted octanol–water partition coefficient (Wildman–Crippen LogP) is 4.32. The van der Waals surface area contributed by atoms with Gasteiger partial charge < -0.3 is 5.11 Å². The second-order valence-corrected chi connectivity index (χ2v) is 4.94. The van der Waals surface area contributed by atoms with Crippen molar-refractivity contribution in [3.8, 4) is 0 Å². The molecule has 1 N–H and O–H groups in total. The molecule has 1 nitrogen and oxygen atoms in total. The van der Waals surface area contributed by atoms with Gasteiger partial charge in [-0.1, -0.05) is 23.7 Å². The minimum atomic E-state index is -1.17. The molecule has 2 rings (SSSR count). The Morgan fingerprint density at radius 3 is 2.32 bits per heavy atom. The molecule has 0 aliphatic heterocycles. The molecule has 0 bridgehead atoms. The molecular weight excluding hydrogens is 270 g/mol. The van der Waals surface area contributed by atoms with Crippen LogP contribution >= 0.6 is 11.6 Å². The van der Waals surface area contributed by atoms with Crippen LogP contribution in [0.25, 0.3) is 0 Å². The normalized spacial score (nSPS) is 12.5. The largest absolute Gasteiger partial charge is 0.384 e. The fourth-order valence-electron chi connectivity index (χ4n) is 1.85. The Labute approximate surface area is 115 Å². The van der Waals surface area contributed by atoms with Crippen LogP contribution in [0.5, 0.6) is 0 Å². The SMILES string of the molecule is Cc1cc(C(O)c2ccc(C)c(Cl)c2)c(F)cc1F. The van der Waals surface area contributed by atoms with Crippen molar-refractivity contribution in [2.75, 3.05) is 0 Å². The molecule has 4 heteroatoms. The molecule has 100 valence electrons. The topological polar surface area (TPSA) is 20.2 Å². The lowest BCUT2D eigenvalue weighted by Crippen LogP contribution is -2.04. The van der Waals surface area contributed by atoms with Crippen molar-refractivity contribution in [2.45, 2.75) is 20.0 Å². The van der Waals surface area contributed by atoms with Crippen LogP contribution in [0.1, 0.15) is 28.4 Å². The number of aryl methyl sites for hydroxylation is 2. The Kier molecular flexibility index (Phi) is 3.88. The van der Waals surface area contributed by atoms with Gasteiger partial charge in [-0.05, 0) is 42.7 Å². The zero-order chi connectivity index (χ0) is 14.2. The molecule has 0 amide bonds. The number of hydrogen-bond acceptors (Lipinski definition) is 1. The number of hydrogen-bond donors (Lipinski definition) is 1. The average molecular weight is 283 g/mol. The van der Waals surface area contributed by atoms with E-state index in [4.69, 9.17) is 11.6 Å². The highest BCUT2D eigenvalue weighted by atomic mass is 35.5. The van der Waals surface area contributed by atoms with Gasteiger partial charge in [0, 0.05) is 16.7 Å². The monoisotopic (exact) mass is 282 g/mol. The summed E-state index contributed by atoms with van der Waals surface area (Å²) in [5.74, 6) is -1.40. The first kappa shape index (κ1) is 14.0. The van der Waals surface area contributed by atoms with E-state index in [2.05, 4.69) is 0 Å². The molecule has 0 spiro atoms. The van der Waals surface area contributed by atoms with Crippen molar-refractivity contribution in [1.29, 1.82) is 0 Å². The summed E-state index contributed by atoms with van der Waals surface area (Å²) in [4.78, 5) is 0. The number of aliphatic hydroxyl groups excluding tert-OH is 1. The van der Waals surface area contributed by atoms with Crippen molar-refractivity contribution in [1.82, 2.24) is 0 Å². The molecule has 19 heavy (non-hydrogen) atoms. The Bertz CT molecular complexity index is 626. The zero-order valence-corrected chi connectivity index (χ0v) is 11.3. The Balaban J connectivity index is 2.46. The summed E-state index contributed by atoms with van der Waals surface area (Å²) in [6, 6.07) is 7.09. The van der Waals surface area contributed by atoms with Crippen LogP contribution in [0.15, 0.2) is 30.3 Å². The van der Waals surface area contributed by atoms with Crippen LogP contribution in [0, 0.1) is 25.5 Å². The molecule has 0 heterocycles. The average Bonchev–Trinajstić information content (AvgIpc) is 2.36. The molecule has 0 saturated heterocycles. The highest BCUT2D eigenvalue weighted by molar-refractivity contribution is 6.31. The fourth-order valence-corrected chi connectivity index (χ4v) is 2.04. The standard InChI is InChI=1S/C15H13ClF2O/c1-8-3-4-10(6-12(8)16)15(19)11-5-9(2)13(17)7-14(11)18/h3-7,15,19H,1-2H3. The number of benzene rings is 2. The molecule has 0 saturated carbocycles. The lowest BCUT2D eigenvalue weighted by molar-refractivity contribution is 0.214. The van der Waals surface area contributed by atoms with Crippen LogP contribution in [-0.2, 0) is 0 Å². The molecule has 0 aromatic heterocycles. The molecular formula is C15H13ClF2O. The van der Waals surface area contributed by atoms with E-state index >= 15 is 0 Å². The van der Waals surface area contributed by atoms with Crippen molar-refractivity contribution < 1.29 is 13.9 Å². The summed E-state index contributed by atoms with van der Waals surface area (Å²) in [6.45, 7) is 3.36. The Morgan fingerprint density at radius 2 is 1.68 bits per heavy atom. The smallest absolute Gasteiger partial charge is 0.132 e. The van der Waals surface area contributed by atoms with Crippen molar-refractivity contribution >= 4 is 11.6 Å². The predicted molar refractivity (Wildman–Crippen MR) is 71.3 cm³/mol. The van der Waals surface area contributed by atoms with E-state index in [0.717, 1.165) is 11.6 Å². The minimum absolute atomic E-state index is 0.0406. The zero-order valence-electron chi connectivity index (χ0n) is 10.5. The summed E-state index contributed by atoms with van der Waals surface area (Å²) >= 11 is 5.98. The van der Waals surface area contributed by atoms with Gasteiger partial charge in [-0.25, -0.2) is 8.78 Å². The maximum atomic E-state index is 13.7. The van der Waals surface area contributed by atoms with E-state index in [1.807, 2.05) is 6.92 Å². The molecule has 0 aliphatic rings. The van der Waals surface area contributed by atoms with Crippen LogP contribution in [0.4, 0.5) is 8.78 Å². The molecule has 2 aromatic carbocycles. The van der Waals surface area contributed by atoms with E-state index < -0.39 is 17.7 Å². The van der Waals surface area contributed by atoms with Crippen LogP contribution in [0.3, 0.4) is 0 Å². The molecule has 1 unspecified atom stereocenters. The van der Waals surface area contributed by atoms with E-state index in [9.17, 15) is 13.9 Å². The first-order valence-corrected chi connectivity index (χ1v) is 6.17. The quantitative estimate of drug-likeness (QED) is 0.870. The number of aliphatic hydroxyl groups is 1. The highest BCUT2D eigenvalue weighted by Crippen LogP contribution is 2.29. The van der Waals surface area contributed by atoms with E-state index in [-0.39, 0.29) is 11.1 Å². The maximum Gasteiger partial charge on any atom is 0.132 e. The van der Waals surface area contributed by atoms with E-state index in [0.29, 0.717) is 10.6 Å². The van der Waals surface area contributed by atoms with Crippen LogP contribution in [-0.4, -0.2) is 5.11 Å². The first-order chi connectivity index (χ1) is 8.90. The highest BCUT2D eigenvalue weighted by Gasteiger charge is 2.17. The fraction of sp³-hybridized carbons (Fsp3) is 0.200. The van der Waals surface area contributed by atoms with Crippen LogP contribution < -0.4 is 0 Å². The summed E-state index contributed by atoms with van der Waals surface area (Å²) in [5, 5.41) is 10.7. The third-order valence-electron chi connectivity index (χ3n) is 3.08. The molecule has 0 aliphatic carbocycles. The van der Waals surface area contributed by atoms with E-state index in [1.54, 1.807) is 18.2 Å². The van der Waals surface area contributed by atoms with Gasteiger partial charge in [0.2, 0.25) is 0 Å². The number of rotatable bonds is 2. The van der Waals surface area contributed by atoms with E-state index in [1.165, 1.54) is 13.0 Å². The van der Waals surface area contributed by atoms with Gasteiger partial charge in [0.15, 0.2) is 0 Å². The lowest BCUT2D eigenvalue weighted by Gasteiger charge is -2.14. The van der Waals surface area contributed by atoms with Gasteiger partial charge in [-0.3, -0.25) is 0 Å². The molecule has 2 aromatic rings. The van der Waals surface area contributed by atoms with Gasteiger partial charge >= 0.3 is 0 Å².